The van der Waals surface area contributed by atoms with Gasteiger partial charge in [0, 0.05) is 31.1 Å². The van der Waals surface area contributed by atoms with Crippen molar-refractivity contribution in [2.24, 2.45) is 0 Å². The molecule has 1 aliphatic carbocycles. The molecule has 4 rings (SSSR count). The van der Waals surface area contributed by atoms with Gasteiger partial charge in [-0.1, -0.05) is 44.4 Å². The van der Waals surface area contributed by atoms with E-state index in [9.17, 15) is 4.79 Å². The van der Waals surface area contributed by atoms with E-state index < -0.39 is 0 Å². The zero-order valence-corrected chi connectivity index (χ0v) is 19.9. The van der Waals surface area contributed by atoms with Crippen LogP contribution in [0.5, 0.6) is 11.5 Å². The van der Waals surface area contributed by atoms with Crippen molar-refractivity contribution < 1.29 is 9.53 Å². The Kier molecular flexibility index (Phi) is 7.53. The molecular weight excluding hydrogens is 412 g/mol. The van der Waals surface area contributed by atoms with Crippen molar-refractivity contribution in [3.63, 3.8) is 0 Å². The first kappa shape index (κ1) is 23.1. The van der Waals surface area contributed by atoms with Gasteiger partial charge < -0.3 is 19.9 Å². The predicted molar refractivity (Wildman–Crippen MR) is 133 cm³/mol. The van der Waals surface area contributed by atoms with E-state index in [2.05, 4.69) is 28.3 Å². The third-order valence-electron chi connectivity index (χ3n) is 6.87. The van der Waals surface area contributed by atoms with Gasteiger partial charge in [-0.3, -0.25) is 4.79 Å². The topological polar surface area (TPSA) is 73.4 Å². The van der Waals surface area contributed by atoms with Gasteiger partial charge in [0.1, 0.15) is 11.5 Å². The van der Waals surface area contributed by atoms with Crippen LogP contribution in [0, 0.1) is 0 Å². The fraction of sp³-hybridized carbons (Fsp3) is 0.481. The van der Waals surface area contributed by atoms with Crippen LogP contribution in [0.2, 0.25) is 0 Å². The lowest BCUT2D eigenvalue weighted by Crippen LogP contribution is -2.41. The van der Waals surface area contributed by atoms with Gasteiger partial charge in [0.25, 0.3) is 0 Å². The van der Waals surface area contributed by atoms with E-state index >= 15 is 0 Å². The molecule has 2 aromatic carbocycles. The van der Waals surface area contributed by atoms with Crippen LogP contribution in [0.25, 0.3) is 11.0 Å². The number of aromatic nitrogens is 2. The summed E-state index contributed by atoms with van der Waals surface area (Å²) in [5.41, 5.74) is 8.14. The minimum absolute atomic E-state index is 0.107. The average molecular weight is 449 g/mol. The lowest BCUT2D eigenvalue weighted by atomic mass is 9.93. The molecule has 0 radical (unpaired) electrons. The number of imidazole rings is 1. The number of nitrogens with two attached hydrogens (primary N) is 1. The quantitative estimate of drug-likeness (QED) is 0.415. The number of fused-ring (bicyclic) bond motifs is 1. The average Bonchev–Trinajstić information content (AvgIpc) is 3.16. The van der Waals surface area contributed by atoms with E-state index in [0.29, 0.717) is 18.4 Å². The number of benzene rings is 2. The number of nitrogen functional groups attached to an aromatic ring is 1. The second-order valence-electron chi connectivity index (χ2n) is 8.98. The lowest BCUT2D eigenvalue weighted by molar-refractivity contribution is -0.134. The number of nitrogens with zero attached hydrogens (tertiary/aromatic N) is 3. The van der Waals surface area contributed by atoms with E-state index in [1.165, 1.54) is 19.3 Å². The first-order chi connectivity index (χ1) is 16.1. The number of hydrogen-bond acceptors (Lipinski definition) is 4. The normalized spacial score (nSPS) is 15.5. The van der Waals surface area contributed by atoms with E-state index in [1.54, 1.807) is 0 Å². The van der Waals surface area contributed by atoms with Crippen molar-refractivity contribution >= 4 is 22.9 Å². The van der Waals surface area contributed by atoms with Gasteiger partial charge in [-0.05, 0) is 56.9 Å². The van der Waals surface area contributed by atoms with E-state index in [0.717, 1.165) is 54.8 Å². The van der Waals surface area contributed by atoms with Crippen LogP contribution in [0.4, 0.5) is 5.95 Å². The Morgan fingerprint density at radius 1 is 1.12 bits per heavy atom. The fourth-order valence-electron chi connectivity index (χ4n) is 5.14. The highest BCUT2D eigenvalue weighted by molar-refractivity contribution is 5.80. The number of para-hydroxylation sites is 1. The molecule has 176 valence electrons. The molecule has 1 amide bonds. The number of rotatable bonds is 9. The molecule has 3 aromatic rings. The number of carbonyl (C=O) groups excluding carboxylic acids is 1. The third-order valence-corrected chi connectivity index (χ3v) is 6.87. The number of carbonyl (C=O) groups is 1. The lowest BCUT2D eigenvalue weighted by Gasteiger charge is -2.34. The van der Waals surface area contributed by atoms with Gasteiger partial charge in [0.15, 0.2) is 0 Å². The molecule has 1 unspecified atom stereocenters. The van der Waals surface area contributed by atoms with Gasteiger partial charge in [0.05, 0.1) is 11.0 Å². The molecule has 6 nitrogen and oxygen atoms in total. The molecule has 1 heterocycles. The number of ether oxygens (including phenoxy) is 1. The molecule has 0 bridgehead atoms. The van der Waals surface area contributed by atoms with Crippen molar-refractivity contribution in [2.45, 2.75) is 77.3 Å². The van der Waals surface area contributed by atoms with Crippen molar-refractivity contribution in [1.29, 1.82) is 0 Å². The van der Waals surface area contributed by atoms with Gasteiger partial charge >= 0.3 is 0 Å². The van der Waals surface area contributed by atoms with Crippen LogP contribution in [-0.4, -0.2) is 32.9 Å². The van der Waals surface area contributed by atoms with Crippen LogP contribution < -0.4 is 10.5 Å². The van der Waals surface area contributed by atoms with Crippen LogP contribution in [0.3, 0.4) is 0 Å². The van der Waals surface area contributed by atoms with Crippen LogP contribution in [0.1, 0.15) is 71.3 Å². The molecule has 2 N–H and O–H groups in total. The molecule has 1 aromatic heterocycles. The van der Waals surface area contributed by atoms with E-state index in [1.807, 2.05) is 48.5 Å². The predicted octanol–water partition coefficient (Wildman–Crippen LogP) is 6.32. The van der Waals surface area contributed by atoms with E-state index in [4.69, 9.17) is 10.5 Å². The summed E-state index contributed by atoms with van der Waals surface area (Å²) in [7, 11) is 0. The molecule has 6 heteroatoms. The molecule has 0 aliphatic heterocycles. The Labute approximate surface area is 196 Å². The maximum absolute atomic E-state index is 13.1. The molecule has 1 fully saturated rings. The summed E-state index contributed by atoms with van der Waals surface area (Å²) in [6.45, 7) is 5.03. The summed E-state index contributed by atoms with van der Waals surface area (Å²) in [4.78, 5) is 19.8. The second-order valence-corrected chi connectivity index (χ2v) is 8.98. The smallest absolute Gasteiger partial charge is 0.222 e. The van der Waals surface area contributed by atoms with Crippen molar-refractivity contribution in [3.05, 3.63) is 48.5 Å². The summed E-state index contributed by atoms with van der Waals surface area (Å²) in [6, 6.07) is 16.1. The molecule has 33 heavy (non-hydrogen) atoms. The monoisotopic (exact) mass is 448 g/mol. The summed E-state index contributed by atoms with van der Waals surface area (Å²) in [5, 5.41) is 0. The standard InChI is InChI=1S/C27H36N4O2/c1-3-20(15-18-26(32)30(4-2)21-11-7-5-8-12-21)31-25-19-23(16-17-24(25)29-27(31)28)33-22-13-9-6-10-14-22/h6,9-10,13-14,16-17,19-21H,3-5,7-8,11-12,15,18H2,1-2H3,(H2,28,29). The van der Waals surface area contributed by atoms with Gasteiger partial charge in [0.2, 0.25) is 11.9 Å². The Bertz CT molecular complexity index is 1060. The minimum atomic E-state index is 0.107. The maximum atomic E-state index is 13.1. The summed E-state index contributed by atoms with van der Waals surface area (Å²) in [6.07, 6.45) is 8.19. The van der Waals surface area contributed by atoms with Crippen molar-refractivity contribution in [1.82, 2.24) is 14.5 Å². The van der Waals surface area contributed by atoms with Crippen LogP contribution in [0.15, 0.2) is 48.5 Å². The van der Waals surface area contributed by atoms with E-state index in [-0.39, 0.29) is 11.9 Å². The Morgan fingerprint density at radius 3 is 2.58 bits per heavy atom. The highest BCUT2D eigenvalue weighted by Gasteiger charge is 2.25. The largest absolute Gasteiger partial charge is 0.457 e. The maximum Gasteiger partial charge on any atom is 0.222 e. The zero-order valence-electron chi connectivity index (χ0n) is 19.9. The zero-order chi connectivity index (χ0) is 23.2. The van der Waals surface area contributed by atoms with Gasteiger partial charge in [-0.2, -0.15) is 0 Å². The molecule has 0 spiro atoms. The molecule has 0 saturated heterocycles. The second kappa shape index (κ2) is 10.7. The highest BCUT2D eigenvalue weighted by atomic mass is 16.5. The van der Waals surface area contributed by atoms with Crippen molar-refractivity contribution in [2.75, 3.05) is 12.3 Å². The Morgan fingerprint density at radius 2 is 1.88 bits per heavy atom. The van der Waals surface area contributed by atoms with Gasteiger partial charge in [-0.15, -0.1) is 0 Å². The van der Waals surface area contributed by atoms with Crippen molar-refractivity contribution in [3.8, 4) is 11.5 Å². The SMILES string of the molecule is CCC(CCC(=O)N(CC)C1CCCCC1)n1c(N)nc2ccc(Oc3ccccc3)cc21. The molecule has 1 saturated carbocycles. The Hall–Kier alpha value is -3.02. The summed E-state index contributed by atoms with van der Waals surface area (Å²) in [5.74, 6) is 2.28. The van der Waals surface area contributed by atoms with Crippen LogP contribution >= 0.6 is 0 Å². The Balaban J connectivity index is 1.51. The molecule has 1 aliphatic rings. The highest BCUT2D eigenvalue weighted by Crippen LogP contribution is 2.32. The van der Waals surface area contributed by atoms with Crippen LogP contribution in [-0.2, 0) is 4.79 Å². The molecule has 1 atom stereocenters. The fourth-order valence-corrected chi connectivity index (χ4v) is 5.14. The first-order valence-electron chi connectivity index (χ1n) is 12.4. The van der Waals surface area contributed by atoms with Gasteiger partial charge in [-0.25, -0.2) is 4.98 Å². The number of amides is 1. The third kappa shape index (κ3) is 5.32. The first-order valence-corrected chi connectivity index (χ1v) is 12.4. The summed E-state index contributed by atoms with van der Waals surface area (Å²) >= 11 is 0. The number of anilines is 1. The summed E-state index contributed by atoms with van der Waals surface area (Å²) < 4.78 is 8.11. The minimum Gasteiger partial charge on any atom is -0.457 e. The molecular formula is C27H36N4O2. The number of hydrogen-bond donors (Lipinski definition) is 1.